The first-order chi connectivity index (χ1) is 10.1. The van der Waals surface area contributed by atoms with Crippen LogP contribution < -0.4 is 0 Å². The lowest BCUT2D eigenvalue weighted by molar-refractivity contribution is -0.0553. The molecule has 1 fully saturated rings. The van der Waals surface area contributed by atoms with E-state index in [1.54, 1.807) is 0 Å². The largest absolute Gasteiger partial charge is 0.370 e. The van der Waals surface area contributed by atoms with E-state index in [9.17, 15) is 0 Å². The number of ether oxygens (including phenoxy) is 1. The minimum Gasteiger partial charge on any atom is -0.370 e. The van der Waals surface area contributed by atoms with Gasteiger partial charge in [0, 0.05) is 13.6 Å². The van der Waals surface area contributed by atoms with Crippen LogP contribution in [0.25, 0.3) is 0 Å². The summed E-state index contributed by atoms with van der Waals surface area (Å²) in [5, 5.41) is 0. The van der Waals surface area contributed by atoms with Crippen molar-refractivity contribution in [3.63, 3.8) is 0 Å². The van der Waals surface area contributed by atoms with Crippen LogP contribution in [0.1, 0.15) is 49.3 Å². The minimum absolute atomic E-state index is 0.0147. The Morgan fingerprint density at radius 3 is 2.81 bits per heavy atom. The smallest absolute Gasteiger partial charge is 0.0934 e. The third-order valence-corrected chi connectivity index (χ3v) is 4.97. The van der Waals surface area contributed by atoms with Crippen LogP contribution in [0.3, 0.4) is 0 Å². The number of hydrogen-bond acceptors (Lipinski definition) is 2. The highest BCUT2D eigenvalue weighted by Gasteiger charge is 2.40. The number of fused-ring (bicyclic) bond motifs is 2. The highest BCUT2D eigenvalue weighted by molar-refractivity contribution is 5.64. The minimum atomic E-state index is 0.0147. The van der Waals surface area contributed by atoms with Crippen LogP contribution in [-0.4, -0.2) is 31.4 Å². The molecule has 3 nitrogen and oxygen atoms in total. The van der Waals surface area contributed by atoms with Crippen molar-refractivity contribution in [2.75, 3.05) is 20.2 Å². The fraction of sp³-hybridized carbons (Fsp3) is 0.611. The van der Waals surface area contributed by atoms with Gasteiger partial charge in [-0.3, -0.25) is 0 Å². The number of aliphatic imine (C=N–C) groups is 1. The molecule has 1 aromatic carbocycles. The lowest BCUT2D eigenvalue weighted by atomic mass is 9.83. The molecule has 0 saturated heterocycles. The highest BCUT2D eigenvalue weighted by atomic mass is 16.5. The van der Waals surface area contributed by atoms with Crippen molar-refractivity contribution in [3.8, 4) is 0 Å². The fourth-order valence-electron chi connectivity index (χ4n) is 3.55. The van der Waals surface area contributed by atoms with Crippen LogP contribution in [0.5, 0.6) is 0 Å². The monoisotopic (exact) mass is 286 g/mol. The van der Waals surface area contributed by atoms with Crippen molar-refractivity contribution in [1.82, 2.24) is 4.90 Å². The van der Waals surface area contributed by atoms with E-state index in [0.717, 1.165) is 25.3 Å². The molecule has 0 unspecified atom stereocenters. The van der Waals surface area contributed by atoms with Crippen molar-refractivity contribution < 1.29 is 4.74 Å². The zero-order valence-corrected chi connectivity index (χ0v) is 13.5. The Kier molecular flexibility index (Phi) is 4.03. The van der Waals surface area contributed by atoms with Crippen molar-refractivity contribution in [3.05, 3.63) is 28.8 Å². The van der Waals surface area contributed by atoms with Gasteiger partial charge < -0.3 is 9.64 Å². The summed E-state index contributed by atoms with van der Waals surface area (Å²) in [7, 11) is 2.05. The molecule has 0 amide bonds. The molecule has 114 valence electrons. The quantitative estimate of drug-likeness (QED) is 0.621. The lowest BCUT2D eigenvalue weighted by Crippen LogP contribution is -2.32. The molecule has 0 radical (unpaired) electrons. The third-order valence-electron chi connectivity index (χ3n) is 4.97. The number of aryl methyl sites for hydroxylation is 1. The zero-order valence-electron chi connectivity index (χ0n) is 13.5. The summed E-state index contributed by atoms with van der Waals surface area (Å²) in [6.45, 7) is 6.13. The average molecular weight is 286 g/mol. The zero-order chi connectivity index (χ0) is 14.9. The van der Waals surface area contributed by atoms with Crippen LogP contribution in [0.4, 0.5) is 5.69 Å². The molecule has 2 aliphatic rings. The van der Waals surface area contributed by atoms with E-state index in [4.69, 9.17) is 4.74 Å². The Morgan fingerprint density at radius 2 is 2.10 bits per heavy atom. The molecule has 3 heteroatoms. The molecule has 1 aliphatic heterocycles. The van der Waals surface area contributed by atoms with Crippen LogP contribution in [0.15, 0.2) is 17.1 Å². The summed E-state index contributed by atoms with van der Waals surface area (Å²) in [5.41, 5.74) is 5.25. The van der Waals surface area contributed by atoms with E-state index in [2.05, 4.69) is 42.9 Å². The van der Waals surface area contributed by atoms with Gasteiger partial charge in [-0.15, -0.1) is 0 Å². The second-order valence-corrected chi connectivity index (χ2v) is 6.41. The first-order valence-corrected chi connectivity index (χ1v) is 8.17. The van der Waals surface area contributed by atoms with Gasteiger partial charge in [-0.2, -0.15) is 0 Å². The molecule has 0 aromatic heterocycles. The van der Waals surface area contributed by atoms with Crippen molar-refractivity contribution in [1.29, 1.82) is 0 Å². The van der Waals surface area contributed by atoms with Gasteiger partial charge in [0.2, 0.25) is 0 Å². The van der Waals surface area contributed by atoms with E-state index in [0.29, 0.717) is 0 Å². The van der Waals surface area contributed by atoms with Crippen LogP contribution >= 0.6 is 0 Å². The number of nitrogens with zero attached hydrogens (tertiary/aromatic N) is 2. The average Bonchev–Trinajstić information content (AvgIpc) is 2.95. The maximum absolute atomic E-state index is 6.22. The van der Waals surface area contributed by atoms with Gasteiger partial charge in [0.25, 0.3) is 0 Å². The lowest BCUT2D eigenvalue weighted by Gasteiger charge is -2.36. The second kappa shape index (κ2) is 5.80. The number of benzene rings is 1. The summed E-state index contributed by atoms with van der Waals surface area (Å²) < 4.78 is 6.22. The Hall–Kier alpha value is -1.35. The van der Waals surface area contributed by atoms with E-state index >= 15 is 0 Å². The first kappa shape index (κ1) is 14.6. The fourth-order valence-corrected chi connectivity index (χ4v) is 3.55. The predicted octanol–water partition coefficient (Wildman–Crippen LogP) is 3.95. The summed E-state index contributed by atoms with van der Waals surface area (Å²) in [4.78, 5) is 6.76. The number of hydrogen-bond donors (Lipinski definition) is 0. The van der Waals surface area contributed by atoms with Gasteiger partial charge in [0.15, 0.2) is 0 Å². The molecular formula is C18H26N2O. The van der Waals surface area contributed by atoms with Gasteiger partial charge in [-0.1, -0.05) is 18.9 Å². The Balaban J connectivity index is 1.96. The molecule has 1 aliphatic carbocycles. The molecule has 0 N–H and O–H groups in total. The second-order valence-electron chi connectivity index (χ2n) is 6.41. The first-order valence-electron chi connectivity index (χ1n) is 8.17. The van der Waals surface area contributed by atoms with E-state index in [1.807, 2.05) is 6.34 Å². The highest BCUT2D eigenvalue weighted by Crippen LogP contribution is 2.47. The standard InChI is InChI=1S/C18H26N2O/c1-4-20(3)13-19-17-12-15-7-10-21-18(8-5-6-9-18)16(15)11-14(17)2/h11-13H,4-10H2,1-3H3/b19-13+. The van der Waals surface area contributed by atoms with Crippen LogP contribution in [0, 0.1) is 6.92 Å². The van der Waals surface area contributed by atoms with Crippen LogP contribution in [-0.2, 0) is 16.8 Å². The van der Waals surface area contributed by atoms with Gasteiger partial charge in [-0.05, 0) is 55.9 Å². The Bertz CT molecular complexity index is 544. The van der Waals surface area contributed by atoms with Crippen molar-refractivity contribution in [2.45, 2.75) is 51.6 Å². The molecule has 21 heavy (non-hydrogen) atoms. The van der Waals surface area contributed by atoms with Crippen molar-refractivity contribution in [2.24, 2.45) is 4.99 Å². The normalized spacial score (nSPS) is 20.1. The predicted molar refractivity (Wildman–Crippen MR) is 87.4 cm³/mol. The SMILES string of the molecule is CCN(C)/C=N/c1cc2c(cc1C)C1(CCCC1)OCC2. The Labute approximate surface area is 128 Å². The molecule has 0 bridgehead atoms. The summed E-state index contributed by atoms with van der Waals surface area (Å²) in [6, 6.07) is 4.62. The summed E-state index contributed by atoms with van der Waals surface area (Å²) in [5.74, 6) is 0. The van der Waals surface area contributed by atoms with Gasteiger partial charge in [-0.25, -0.2) is 4.99 Å². The molecule has 1 heterocycles. The molecule has 0 atom stereocenters. The van der Waals surface area contributed by atoms with Crippen LogP contribution in [0.2, 0.25) is 0 Å². The van der Waals surface area contributed by atoms with Gasteiger partial charge in [0.1, 0.15) is 0 Å². The van der Waals surface area contributed by atoms with Crippen molar-refractivity contribution >= 4 is 12.0 Å². The molecule has 1 aromatic rings. The molecule has 1 spiro atoms. The Morgan fingerprint density at radius 1 is 1.33 bits per heavy atom. The molecule has 1 saturated carbocycles. The topological polar surface area (TPSA) is 24.8 Å². The maximum atomic E-state index is 6.22. The number of rotatable bonds is 3. The maximum Gasteiger partial charge on any atom is 0.0934 e. The van der Waals surface area contributed by atoms with E-state index in [1.165, 1.54) is 42.4 Å². The third kappa shape index (κ3) is 2.71. The molecule has 3 rings (SSSR count). The van der Waals surface area contributed by atoms with E-state index < -0.39 is 0 Å². The summed E-state index contributed by atoms with van der Waals surface area (Å²) >= 11 is 0. The van der Waals surface area contributed by atoms with Gasteiger partial charge >= 0.3 is 0 Å². The molecular weight excluding hydrogens is 260 g/mol. The van der Waals surface area contributed by atoms with E-state index in [-0.39, 0.29) is 5.60 Å². The van der Waals surface area contributed by atoms with Gasteiger partial charge in [0.05, 0.1) is 24.2 Å². The summed E-state index contributed by atoms with van der Waals surface area (Å²) in [6.07, 6.45) is 7.89.